The van der Waals surface area contributed by atoms with Gasteiger partial charge in [0.05, 0.1) is 12.2 Å². The number of ether oxygens (including phenoxy) is 1. The van der Waals surface area contributed by atoms with Crippen LogP contribution in [-0.2, 0) is 9.53 Å². The standard InChI is InChI=1S/C14H19N3O3/c1-3-20-14(19)12-4-5-13(15-10-12)17-8-6-16(7-9-17)11(2)18/h4-5,10H,3,6-9H2,1-2H3. The number of amides is 1. The topological polar surface area (TPSA) is 62.7 Å². The number of rotatable bonds is 3. The van der Waals surface area contributed by atoms with Crippen LogP contribution in [0.25, 0.3) is 0 Å². The summed E-state index contributed by atoms with van der Waals surface area (Å²) in [7, 11) is 0. The molecular weight excluding hydrogens is 258 g/mol. The Morgan fingerprint density at radius 2 is 1.95 bits per heavy atom. The van der Waals surface area contributed by atoms with Crippen molar-refractivity contribution in [1.29, 1.82) is 0 Å². The Morgan fingerprint density at radius 3 is 2.45 bits per heavy atom. The van der Waals surface area contributed by atoms with Gasteiger partial charge in [0, 0.05) is 39.3 Å². The van der Waals surface area contributed by atoms with Crippen LogP contribution >= 0.6 is 0 Å². The molecule has 108 valence electrons. The number of pyridine rings is 1. The Hall–Kier alpha value is -2.11. The molecule has 1 aromatic heterocycles. The number of carbonyl (C=O) groups excluding carboxylic acids is 2. The fraction of sp³-hybridized carbons (Fsp3) is 0.500. The van der Waals surface area contributed by atoms with E-state index in [2.05, 4.69) is 9.88 Å². The van der Waals surface area contributed by atoms with Gasteiger partial charge in [0.25, 0.3) is 0 Å². The number of nitrogens with zero attached hydrogens (tertiary/aromatic N) is 3. The van der Waals surface area contributed by atoms with Crippen LogP contribution in [0, 0.1) is 0 Å². The molecule has 0 aliphatic carbocycles. The maximum Gasteiger partial charge on any atom is 0.339 e. The molecule has 1 aliphatic rings. The largest absolute Gasteiger partial charge is 0.462 e. The highest BCUT2D eigenvalue weighted by atomic mass is 16.5. The zero-order valence-corrected chi connectivity index (χ0v) is 11.8. The van der Waals surface area contributed by atoms with Gasteiger partial charge in [-0.15, -0.1) is 0 Å². The first kappa shape index (κ1) is 14.3. The summed E-state index contributed by atoms with van der Waals surface area (Å²) in [6.45, 7) is 6.63. The summed E-state index contributed by atoms with van der Waals surface area (Å²) >= 11 is 0. The van der Waals surface area contributed by atoms with Crippen molar-refractivity contribution in [3.63, 3.8) is 0 Å². The number of carbonyl (C=O) groups is 2. The first-order chi connectivity index (χ1) is 9.61. The number of piperazine rings is 1. The van der Waals surface area contributed by atoms with Crippen molar-refractivity contribution < 1.29 is 14.3 Å². The monoisotopic (exact) mass is 277 g/mol. The fourth-order valence-corrected chi connectivity index (χ4v) is 2.16. The average molecular weight is 277 g/mol. The quantitative estimate of drug-likeness (QED) is 0.769. The Morgan fingerprint density at radius 1 is 1.25 bits per heavy atom. The summed E-state index contributed by atoms with van der Waals surface area (Å²) in [4.78, 5) is 31.0. The molecule has 6 heteroatoms. The number of esters is 1. The Kier molecular flexibility index (Phi) is 4.55. The van der Waals surface area contributed by atoms with Crippen molar-refractivity contribution in [2.45, 2.75) is 13.8 Å². The molecule has 2 rings (SSSR count). The lowest BCUT2D eigenvalue weighted by Crippen LogP contribution is -2.48. The molecule has 6 nitrogen and oxygen atoms in total. The first-order valence-electron chi connectivity index (χ1n) is 6.75. The van der Waals surface area contributed by atoms with Gasteiger partial charge in [-0.25, -0.2) is 9.78 Å². The van der Waals surface area contributed by atoms with Crippen molar-refractivity contribution in [3.05, 3.63) is 23.9 Å². The van der Waals surface area contributed by atoms with Crippen LogP contribution in [0.4, 0.5) is 5.82 Å². The molecule has 0 saturated carbocycles. The van der Waals surface area contributed by atoms with Crippen LogP contribution in [0.2, 0.25) is 0 Å². The molecule has 1 amide bonds. The average Bonchev–Trinajstić information content (AvgIpc) is 2.48. The first-order valence-corrected chi connectivity index (χ1v) is 6.75. The van der Waals surface area contributed by atoms with E-state index in [0.717, 1.165) is 18.9 Å². The number of aromatic nitrogens is 1. The van der Waals surface area contributed by atoms with E-state index < -0.39 is 0 Å². The third-order valence-corrected chi connectivity index (χ3v) is 3.31. The second kappa shape index (κ2) is 6.36. The molecule has 0 atom stereocenters. The highest BCUT2D eigenvalue weighted by Crippen LogP contribution is 2.14. The maximum absolute atomic E-state index is 11.5. The molecular formula is C14H19N3O3. The molecule has 1 aromatic rings. The summed E-state index contributed by atoms with van der Waals surface area (Å²) in [6.07, 6.45) is 1.53. The minimum Gasteiger partial charge on any atom is -0.462 e. The van der Waals surface area contributed by atoms with Crippen LogP contribution < -0.4 is 4.90 Å². The van der Waals surface area contributed by atoms with Crippen molar-refractivity contribution in [1.82, 2.24) is 9.88 Å². The summed E-state index contributed by atoms with van der Waals surface area (Å²) in [5.41, 5.74) is 0.456. The van der Waals surface area contributed by atoms with E-state index in [4.69, 9.17) is 4.74 Å². The lowest BCUT2D eigenvalue weighted by molar-refractivity contribution is -0.129. The SMILES string of the molecule is CCOC(=O)c1ccc(N2CCN(C(C)=O)CC2)nc1. The predicted octanol–water partition coefficient (Wildman–Crippen LogP) is 0.927. The molecule has 0 radical (unpaired) electrons. The molecule has 0 bridgehead atoms. The molecule has 20 heavy (non-hydrogen) atoms. The zero-order valence-electron chi connectivity index (χ0n) is 11.8. The Bertz CT molecular complexity index is 479. The van der Waals surface area contributed by atoms with E-state index in [0.29, 0.717) is 25.3 Å². The molecule has 0 N–H and O–H groups in total. The molecule has 0 aromatic carbocycles. The van der Waals surface area contributed by atoms with E-state index in [-0.39, 0.29) is 11.9 Å². The highest BCUT2D eigenvalue weighted by Gasteiger charge is 2.19. The Labute approximate surface area is 118 Å². The van der Waals surface area contributed by atoms with E-state index >= 15 is 0 Å². The van der Waals surface area contributed by atoms with E-state index in [1.165, 1.54) is 6.20 Å². The van der Waals surface area contributed by atoms with E-state index in [1.54, 1.807) is 19.9 Å². The summed E-state index contributed by atoms with van der Waals surface area (Å²) in [6, 6.07) is 3.54. The van der Waals surface area contributed by atoms with Crippen molar-refractivity contribution in [2.24, 2.45) is 0 Å². The van der Waals surface area contributed by atoms with Gasteiger partial charge in [0.15, 0.2) is 0 Å². The second-order valence-corrected chi connectivity index (χ2v) is 4.62. The van der Waals surface area contributed by atoms with Gasteiger partial charge < -0.3 is 14.5 Å². The van der Waals surface area contributed by atoms with Gasteiger partial charge in [-0.3, -0.25) is 4.79 Å². The van der Waals surface area contributed by atoms with Crippen LogP contribution in [0.5, 0.6) is 0 Å². The second-order valence-electron chi connectivity index (χ2n) is 4.62. The van der Waals surface area contributed by atoms with Crippen LogP contribution in [0.3, 0.4) is 0 Å². The van der Waals surface area contributed by atoms with Gasteiger partial charge in [-0.05, 0) is 19.1 Å². The Balaban J connectivity index is 1.97. The predicted molar refractivity (Wildman–Crippen MR) is 74.7 cm³/mol. The third kappa shape index (κ3) is 3.26. The normalized spacial score (nSPS) is 15.1. The summed E-state index contributed by atoms with van der Waals surface area (Å²) < 4.78 is 4.92. The van der Waals surface area contributed by atoms with Crippen molar-refractivity contribution in [2.75, 3.05) is 37.7 Å². The van der Waals surface area contributed by atoms with E-state index in [1.807, 2.05) is 11.0 Å². The third-order valence-electron chi connectivity index (χ3n) is 3.31. The van der Waals surface area contributed by atoms with E-state index in [9.17, 15) is 9.59 Å². The number of hydrogen-bond donors (Lipinski definition) is 0. The molecule has 0 spiro atoms. The lowest BCUT2D eigenvalue weighted by Gasteiger charge is -2.34. The maximum atomic E-state index is 11.5. The summed E-state index contributed by atoms with van der Waals surface area (Å²) in [5.74, 6) is 0.574. The zero-order chi connectivity index (χ0) is 14.5. The van der Waals surface area contributed by atoms with Crippen LogP contribution in [0.15, 0.2) is 18.3 Å². The van der Waals surface area contributed by atoms with Crippen molar-refractivity contribution >= 4 is 17.7 Å². The van der Waals surface area contributed by atoms with Gasteiger partial charge >= 0.3 is 5.97 Å². The van der Waals surface area contributed by atoms with Crippen LogP contribution in [0.1, 0.15) is 24.2 Å². The summed E-state index contributed by atoms with van der Waals surface area (Å²) in [5, 5.41) is 0. The minimum atomic E-state index is -0.354. The van der Waals surface area contributed by atoms with Gasteiger partial charge in [-0.1, -0.05) is 0 Å². The molecule has 0 unspecified atom stereocenters. The smallest absolute Gasteiger partial charge is 0.339 e. The van der Waals surface area contributed by atoms with Crippen molar-refractivity contribution in [3.8, 4) is 0 Å². The fourth-order valence-electron chi connectivity index (χ4n) is 2.16. The molecule has 1 saturated heterocycles. The minimum absolute atomic E-state index is 0.107. The van der Waals surface area contributed by atoms with Gasteiger partial charge in [-0.2, -0.15) is 0 Å². The molecule has 1 aliphatic heterocycles. The van der Waals surface area contributed by atoms with Crippen LogP contribution in [-0.4, -0.2) is 54.5 Å². The highest BCUT2D eigenvalue weighted by molar-refractivity contribution is 5.89. The molecule has 2 heterocycles. The number of anilines is 1. The van der Waals surface area contributed by atoms with Gasteiger partial charge in [0.2, 0.25) is 5.91 Å². The molecule has 1 fully saturated rings. The van der Waals surface area contributed by atoms with Gasteiger partial charge in [0.1, 0.15) is 5.82 Å². The lowest BCUT2D eigenvalue weighted by atomic mass is 10.2. The number of hydrogen-bond acceptors (Lipinski definition) is 5.